The van der Waals surface area contributed by atoms with Gasteiger partial charge < -0.3 is 0 Å². The van der Waals surface area contributed by atoms with Crippen molar-refractivity contribution in [3.63, 3.8) is 0 Å². The number of halogens is 1. The number of aryl methyl sites for hydroxylation is 1. The third-order valence-corrected chi connectivity index (χ3v) is 6.47. The van der Waals surface area contributed by atoms with Crippen LogP contribution in [-0.4, -0.2) is 9.97 Å². The quantitative estimate of drug-likeness (QED) is 0.249. The second-order valence-corrected chi connectivity index (χ2v) is 9.01. The summed E-state index contributed by atoms with van der Waals surface area (Å²) in [5.74, 6) is 0. The highest BCUT2D eigenvalue weighted by atomic mass is 35.5. The minimum Gasteiger partial charge on any atom is -0.254 e. The van der Waals surface area contributed by atoms with E-state index < -0.39 is 0 Å². The molecule has 3 heteroatoms. The topological polar surface area (TPSA) is 25.8 Å². The maximum Gasteiger partial charge on any atom is 0.0970 e. The Morgan fingerprint density at radius 1 is 0.559 bits per heavy atom. The second kappa shape index (κ2) is 8.40. The smallest absolute Gasteiger partial charge is 0.0970 e. The molecule has 4 aromatic carbocycles. The lowest BCUT2D eigenvalue weighted by molar-refractivity contribution is 1.37. The first kappa shape index (κ1) is 20.6. The van der Waals surface area contributed by atoms with Crippen LogP contribution in [0.5, 0.6) is 0 Å². The molecule has 0 amide bonds. The molecular weight excluding hydrogens is 436 g/mol. The molecule has 34 heavy (non-hydrogen) atoms. The molecule has 6 rings (SSSR count). The van der Waals surface area contributed by atoms with Crippen LogP contribution >= 0.6 is 11.6 Å². The van der Waals surface area contributed by atoms with Gasteiger partial charge in [-0.3, -0.25) is 9.97 Å². The summed E-state index contributed by atoms with van der Waals surface area (Å²) in [6.45, 7) is 2.10. The van der Waals surface area contributed by atoms with Crippen LogP contribution in [0.25, 0.3) is 55.2 Å². The van der Waals surface area contributed by atoms with E-state index in [2.05, 4.69) is 89.7 Å². The van der Waals surface area contributed by atoms with Crippen molar-refractivity contribution in [2.45, 2.75) is 6.92 Å². The van der Waals surface area contributed by atoms with Crippen molar-refractivity contribution < 1.29 is 0 Å². The fourth-order valence-corrected chi connectivity index (χ4v) is 4.79. The molecular formula is C31H21ClN2. The molecule has 0 aliphatic heterocycles. The van der Waals surface area contributed by atoms with Gasteiger partial charge in [0.2, 0.25) is 0 Å². The van der Waals surface area contributed by atoms with Crippen LogP contribution in [-0.2, 0) is 0 Å². The predicted molar refractivity (Wildman–Crippen MR) is 143 cm³/mol. The van der Waals surface area contributed by atoms with E-state index in [1.807, 2.05) is 36.7 Å². The van der Waals surface area contributed by atoms with Crippen LogP contribution < -0.4 is 0 Å². The van der Waals surface area contributed by atoms with Gasteiger partial charge in [0, 0.05) is 28.2 Å². The fourth-order valence-electron chi connectivity index (χ4n) is 4.55. The van der Waals surface area contributed by atoms with Gasteiger partial charge in [0.1, 0.15) is 0 Å². The summed E-state index contributed by atoms with van der Waals surface area (Å²) in [4.78, 5) is 9.24. The molecule has 0 saturated carbocycles. The minimum atomic E-state index is 0.727. The first-order valence-corrected chi connectivity index (χ1v) is 11.6. The minimum absolute atomic E-state index is 0.727. The average Bonchev–Trinajstić information content (AvgIpc) is 2.88. The molecule has 0 fully saturated rings. The van der Waals surface area contributed by atoms with Gasteiger partial charge >= 0.3 is 0 Å². The Hall–Kier alpha value is -4.01. The monoisotopic (exact) mass is 456 g/mol. The number of nitrogens with zero attached hydrogens (tertiary/aromatic N) is 2. The van der Waals surface area contributed by atoms with Crippen molar-refractivity contribution >= 4 is 33.4 Å². The number of hydrogen-bond donors (Lipinski definition) is 0. The van der Waals surface area contributed by atoms with Gasteiger partial charge in [0.15, 0.2) is 0 Å². The lowest BCUT2D eigenvalue weighted by atomic mass is 9.93. The summed E-state index contributed by atoms with van der Waals surface area (Å²) in [6, 6.07) is 33.8. The number of benzene rings is 4. The molecule has 0 spiro atoms. The normalized spacial score (nSPS) is 11.2. The highest BCUT2D eigenvalue weighted by molar-refractivity contribution is 6.31. The number of pyridine rings is 2. The predicted octanol–water partition coefficient (Wildman–Crippen LogP) is 8.75. The van der Waals surface area contributed by atoms with Crippen LogP contribution in [0.4, 0.5) is 0 Å². The molecule has 0 unspecified atom stereocenters. The van der Waals surface area contributed by atoms with E-state index >= 15 is 0 Å². The van der Waals surface area contributed by atoms with E-state index in [1.165, 1.54) is 5.56 Å². The van der Waals surface area contributed by atoms with E-state index in [0.717, 1.165) is 60.2 Å². The zero-order valence-electron chi connectivity index (χ0n) is 18.7. The number of aromatic nitrogens is 2. The summed E-state index contributed by atoms with van der Waals surface area (Å²) < 4.78 is 0. The molecule has 0 aliphatic carbocycles. The molecule has 2 heterocycles. The molecule has 2 nitrogen and oxygen atoms in total. The molecule has 6 aromatic rings. The SMILES string of the molecule is Cc1ccc(-c2cc(Cl)cc(-c3cccc(-c4cc5cccnc5c5ncccc45)c3)c2)cc1. The van der Waals surface area contributed by atoms with Gasteiger partial charge in [-0.15, -0.1) is 0 Å². The van der Waals surface area contributed by atoms with Gasteiger partial charge in [0.25, 0.3) is 0 Å². The summed E-state index contributed by atoms with van der Waals surface area (Å²) in [5, 5.41) is 2.90. The number of fused-ring (bicyclic) bond motifs is 3. The Bertz CT molecular complexity index is 1670. The van der Waals surface area contributed by atoms with Gasteiger partial charge in [-0.1, -0.05) is 71.8 Å². The van der Waals surface area contributed by atoms with Crippen molar-refractivity contribution in [2.24, 2.45) is 0 Å². The van der Waals surface area contributed by atoms with E-state index in [9.17, 15) is 0 Å². The van der Waals surface area contributed by atoms with Crippen molar-refractivity contribution in [3.8, 4) is 33.4 Å². The lowest BCUT2D eigenvalue weighted by Gasteiger charge is -2.12. The maximum atomic E-state index is 6.57. The standard InChI is InChI=1S/C31H21ClN2/c1-20-9-11-21(12-10-20)25-16-26(18-27(32)17-25)22-5-2-6-23(15-22)29-19-24-7-3-13-33-30(24)31-28(29)8-4-14-34-31/h2-19H,1H3. The Kier molecular flexibility index (Phi) is 5.09. The van der Waals surface area contributed by atoms with E-state index in [1.54, 1.807) is 0 Å². The number of rotatable bonds is 3. The highest BCUT2D eigenvalue weighted by Crippen LogP contribution is 2.36. The Morgan fingerprint density at radius 2 is 1.24 bits per heavy atom. The van der Waals surface area contributed by atoms with E-state index in [4.69, 9.17) is 11.6 Å². The maximum absolute atomic E-state index is 6.57. The number of hydrogen-bond acceptors (Lipinski definition) is 2. The largest absolute Gasteiger partial charge is 0.254 e. The van der Waals surface area contributed by atoms with Crippen LogP contribution in [0.1, 0.15) is 5.56 Å². The van der Waals surface area contributed by atoms with Gasteiger partial charge in [0.05, 0.1) is 11.0 Å². The molecule has 162 valence electrons. The van der Waals surface area contributed by atoms with Gasteiger partial charge in [-0.05, 0) is 82.8 Å². The third-order valence-electron chi connectivity index (χ3n) is 6.25. The van der Waals surface area contributed by atoms with Crippen molar-refractivity contribution in [3.05, 3.63) is 120 Å². The van der Waals surface area contributed by atoms with Crippen molar-refractivity contribution in [1.29, 1.82) is 0 Å². The van der Waals surface area contributed by atoms with Gasteiger partial charge in [-0.2, -0.15) is 0 Å². The molecule has 0 aliphatic rings. The molecule has 2 aromatic heterocycles. The van der Waals surface area contributed by atoms with Crippen LogP contribution in [0.2, 0.25) is 5.02 Å². The Balaban J connectivity index is 1.51. The van der Waals surface area contributed by atoms with Crippen molar-refractivity contribution in [1.82, 2.24) is 9.97 Å². The van der Waals surface area contributed by atoms with Crippen LogP contribution in [0.3, 0.4) is 0 Å². The summed E-state index contributed by atoms with van der Waals surface area (Å²) >= 11 is 6.57. The highest BCUT2D eigenvalue weighted by Gasteiger charge is 2.12. The third kappa shape index (κ3) is 3.72. The average molecular weight is 457 g/mol. The van der Waals surface area contributed by atoms with Crippen molar-refractivity contribution in [2.75, 3.05) is 0 Å². The molecule has 0 saturated heterocycles. The Morgan fingerprint density at radius 3 is 2.06 bits per heavy atom. The van der Waals surface area contributed by atoms with Gasteiger partial charge in [-0.25, -0.2) is 0 Å². The first-order valence-electron chi connectivity index (χ1n) is 11.3. The zero-order chi connectivity index (χ0) is 23.1. The second-order valence-electron chi connectivity index (χ2n) is 8.57. The first-order chi connectivity index (χ1) is 16.7. The van der Waals surface area contributed by atoms with E-state index in [0.29, 0.717) is 0 Å². The molecule has 0 radical (unpaired) electrons. The summed E-state index contributed by atoms with van der Waals surface area (Å²) in [5.41, 5.74) is 9.85. The van der Waals surface area contributed by atoms with Crippen LogP contribution in [0.15, 0.2) is 109 Å². The van der Waals surface area contributed by atoms with Crippen LogP contribution in [0, 0.1) is 6.92 Å². The molecule has 0 atom stereocenters. The fraction of sp³-hybridized carbons (Fsp3) is 0.0323. The molecule has 0 bridgehead atoms. The van der Waals surface area contributed by atoms with E-state index in [-0.39, 0.29) is 0 Å². The zero-order valence-corrected chi connectivity index (χ0v) is 19.4. The Labute approximate surface area is 203 Å². The molecule has 0 N–H and O–H groups in total. The lowest BCUT2D eigenvalue weighted by Crippen LogP contribution is -1.89. The summed E-state index contributed by atoms with van der Waals surface area (Å²) in [6.07, 6.45) is 3.65. The summed E-state index contributed by atoms with van der Waals surface area (Å²) in [7, 11) is 0.